The van der Waals surface area contributed by atoms with Gasteiger partial charge in [0.1, 0.15) is 17.7 Å². The Bertz CT molecular complexity index is 928. The Kier molecular flexibility index (Phi) is 15.2. The molecule has 0 saturated heterocycles. The topological polar surface area (TPSA) is 131 Å². The van der Waals surface area contributed by atoms with Crippen LogP contribution in [0.4, 0.5) is 4.79 Å². The summed E-state index contributed by atoms with van der Waals surface area (Å²) in [6.07, 6.45) is 5.67. The van der Waals surface area contributed by atoms with Crippen molar-refractivity contribution in [1.82, 2.24) is 15.5 Å². The zero-order valence-electron chi connectivity index (χ0n) is 24.8. The Morgan fingerprint density at radius 2 is 1.62 bits per heavy atom. The van der Waals surface area contributed by atoms with Crippen LogP contribution in [0.5, 0.6) is 0 Å². The second-order valence-electron chi connectivity index (χ2n) is 11.1. The van der Waals surface area contributed by atoms with E-state index in [2.05, 4.69) is 17.6 Å². The molecule has 2 atom stereocenters. The predicted molar refractivity (Wildman–Crippen MR) is 154 cm³/mol. The van der Waals surface area contributed by atoms with E-state index in [-0.39, 0.29) is 18.7 Å². The summed E-state index contributed by atoms with van der Waals surface area (Å²) in [6.45, 7) is 12.1. The van der Waals surface area contributed by atoms with Crippen LogP contribution < -0.4 is 16.4 Å². The summed E-state index contributed by atoms with van der Waals surface area (Å²) in [5.41, 5.74) is 6.22. The van der Waals surface area contributed by atoms with Gasteiger partial charge in [0, 0.05) is 19.5 Å². The number of primary amides is 1. The third-order valence-corrected chi connectivity index (χ3v) is 6.33. The molecule has 1 aromatic rings. The summed E-state index contributed by atoms with van der Waals surface area (Å²) < 4.78 is 5.39. The number of hydrogen-bond acceptors (Lipinski definition) is 5. The number of aryl methyl sites for hydroxylation is 1. The molecule has 39 heavy (non-hydrogen) atoms. The van der Waals surface area contributed by atoms with Crippen LogP contribution in [0.25, 0.3) is 0 Å². The van der Waals surface area contributed by atoms with Crippen molar-refractivity contribution in [1.29, 1.82) is 0 Å². The van der Waals surface area contributed by atoms with Gasteiger partial charge in [-0.3, -0.25) is 14.4 Å². The number of alkyl carbamates (subject to hydrolysis) is 1. The van der Waals surface area contributed by atoms with Gasteiger partial charge < -0.3 is 26.0 Å². The summed E-state index contributed by atoms with van der Waals surface area (Å²) in [4.78, 5) is 53.7. The van der Waals surface area contributed by atoms with E-state index >= 15 is 0 Å². The number of hydrogen-bond donors (Lipinski definition) is 3. The first kappa shape index (κ1) is 33.9. The molecule has 0 radical (unpaired) electrons. The summed E-state index contributed by atoms with van der Waals surface area (Å²) in [5, 5.41) is 5.64. The van der Waals surface area contributed by atoms with Gasteiger partial charge in [0.05, 0.1) is 0 Å². The minimum absolute atomic E-state index is 0.00229. The van der Waals surface area contributed by atoms with Crippen LogP contribution in [-0.2, 0) is 19.1 Å². The van der Waals surface area contributed by atoms with Gasteiger partial charge in [-0.2, -0.15) is 0 Å². The highest BCUT2D eigenvalue weighted by molar-refractivity contribution is 5.92. The fraction of sp³-hybridized carbons (Fsp3) is 0.667. The molecule has 9 heteroatoms. The third kappa shape index (κ3) is 13.0. The van der Waals surface area contributed by atoms with Gasteiger partial charge in [-0.05, 0) is 58.1 Å². The highest BCUT2D eigenvalue weighted by Gasteiger charge is 2.36. The molecule has 2 unspecified atom stereocenters. The number of amides is 4. The number of rotatable bonds is 17. The fourth-order valence-corrected chi connectivity index (χ4v) is 4.28. The van der Waals surface area contributed by atoms with Crippen molar-refractivity contribution in [2.24, 2.45) is 5.73 Å². The Balaban J connectivity index is 3.46. The maximum atomic E-state index is 14.2. The lowest BCUT2D eigenvalue weighted by Gasteiger charge is -2.35. The predicted octanol–water partition coefficient (Wildman–Crippen LogP) is 4.91. The SMILES string of the molecule is CCCCCCCN(C(=O)C(CCC(N)=O)NC(=O)OC(C)(C)C)C(C(=O)NCCCC)c1ccccc1C. The van der Waals surface area contributed by atoms with Gasteiger partial charge in [0.2, 0.25) is 17.7 Å². The molecule has 0 aliphatic rings. The van der Waals surface area contributed by atoms with Crippen LogP contribution in [0.2, 0.25) is 0 Å². The quantitative estimate of drug-likeness (QED) is 0.239. The van der Waals surface area contributed by atoms with Crippen molar-refractivity contribution in [3.63, 3.8) is 0 Å². The molecule has 0 aliphatic carbocycles. The van der Waals surface area contributed by atoms with Crippen molar-refractivity contribution < 1.29 is 23.9 Å². The lowest BCUT2D eigenvalue weighted by atomic mass is 9.97. The number of unbranched alkanes of at least 4 members (excludes halogenated alkanes) is 5. The first-order valence-electron chi connectivity index (χ1n) is 14.3. The van der Waals surface area contributed by atoms with Gasteiger partial charge in [0.25, 0.3) is 0 Å². The molecule has 4 N–H and O–H groups in total. The molecule has 0 bridgehead atoms. The highest BCUT2D eigenvalue weighted by Crippen LogP contribution is 2.27. The Hall–Kier alpha value is -3.10. The van der Waals surface area contributed by atoms with Gasteiger partial charge in [-0.15, -0.1) is 0 Å². The minimum Gasteiger partial charge on any atom is -0.444 e. The number of ether oxygens (including phenoxy) is 1. The van der Waals surface area contributed by atoms with Crippen molar-refractivity contribution in [3.05, 3.63) is 35.4 Å². The van der Waals surface area contributed by atoms with Gasteiger partial charge in [0.15, 0.2) is 0 Å². The van der Waals surface area contributed by atoms with Crippen LogP contribution in [0.15, 0.2) is 24.3 Å². The Morgan fingerprint density at radius 1 is 0.974 bits per heavy atom. The molecular weight excluding hydrogens is 496 g/mol. The lowest BCUT2D eigenvalue weighted by Crippen LogP contribution is -2.53. The number of benzene rings is 1. The monoisotopic (exact) mass is 546 g/mol. The summed E-state index contributed by atoms with van der Waals surface area (Å²) in [7, 11) is 0. The van der Waals surface area contributed by atoms with Gasteiger partial charge in [-0.25, -0.2) is 4.79 Å². The maximum Gasteiger partial charge on any atom is 0.408 e. The Morgan fingerprint density at radius 3 is 2.21 bits per heavy atom. The van der Waals surface area contributed by atoms with E-state index in [1.807, 2.05) is 38.1 Å². The average Bonchev–Trinajstić information content (AvgIpc) is 2.85. The van der Waals surface area contributed by atoms with Gasteiger partial charge >= 0.3 is 6.09 Å². The fourth-order valence-electron chi connectivity index (χ4n) is 4.28. The largest absolute Gasteiger partial charge is 0.444 e. The molecule has 0 fully saturated rings. The van der Waals surface area contributed by atoms with Crippen LogP contribution >= 0.6 is 0 Å². The smallest absolute Gasteiger partial charge is 0.408 e. The standard InChI is InChI=1S/C30H50N4O5/c1-7-9-11-12-15-21-34(26(27(36)32-20-10-8-2)23-17-14-13-16-22(23)3)28(37)24(18-19-25(31)35)33-29(38)39-30(4,5)6/h13-14,16-17,24,26H,7-12,15,18-21H2,1-6H3,(H2,31,35)(H,32,36)(H,33,38). The third-order valence-electron chi connectivity index (χ3n) is 6.33. The van der Waals surface area contributed by atoms with Crippen molar-refractivity contribution in [3.8, 4) is 0 Å². The number of carbonyl (C=O) groups excluding carboxylic acids is 4. The molecule has 9 nitrogen and oxygen atoms in total. The molecule has 4 amide bonds. The van der Waals surface area contributed by atoms with E-state index in [1.165, 1.54) is 0 Å². The van der Waals surface area contributed by atoms with Crippen molar-refractivity contribution >= 4 is 23.8 Å². The van der Waals surface area contributed by atoms with Crippen LogP contribution in [0.1, 0.15) is 110 Å². The molecule has 1 rings (SSSR count). The number of nitrogens with two attached hydrogens (primary N) is 1. The molecular formula is C30H50N4O5. The van der Waals surface area contributed by atoms with Crippen LogP contribution in [0, 0.1) is 6.92 Å². The Labute approximate surface area is 234 Å². The maximum absolute atomic E-state index is 14.2. The lowest BCUT2D eigenvalue weighted by molar-refractivity contribution is -0.142. The van der Waals surface area contributed by atoms with Crippen molar-refractivity contribution in [2.75, 3.05) is 13.1 Å². The number of nitrogens with zero attached hydrogens (tertiary/aromatic N) is 1. The van der Waals surface area contributed by atoms with E-state index in [9.17, 15) is 19.2 Å². The minimum atomic E-state index is -1.09. The summed E-state index contributed by atoms with van der Waals surface area (Å²) >= 11 is 0. The number of carbonyl (C=O) groups is 4. The highest BCUT2D eigenvalue weighted by atomic mass is 16.6. The first-order valence-corrected chi connectivity index (χ1v) is 14.3. The van der Waals surface area contributed by atoms with Crippen molar-refractivity contribution in [2.45, 2.75) is 117 Å². The van der Waals surface area contributed by atoms with E-state index in [0.29, 0.717) is 19.5 Å². The van der Waals surface area contributed by atoms with E-state index < -0.39 is 35.6 Å². The van der Waals surface area contributed by atoms with E-state index in [0.717, 1.165) is 49.7 Å². The molecule has 0 aliphatic heterocycles. The second kappa shape index (κ2) is 17.5. The van der Waals surface area contributed by atoms with E-state index in [4.69, 9.17) is 10.5 Å². The van der Waals surface area contributed by atoms with Crippen LogP contribution in [0.3, 0.4) is 0 Å². The summed E-state index contributed by atoms with van der Waals surface area (Å²) in [5.74, 6) is -1.31. The molecule has 0 spiro atoms. The normalized spacial score (nSPS) is 12.8. The average molecular weight is 547 g/mol. The van der Waals surface area contributed by atoms with Gasteiger partial charge in [-0.1, -0.05) is 70.2 Å². The zero-order valence-corrected chi connectivity index (χ0v) is 24.8. The zero-order chi connectivity index (χ0) is 29.4. The molecule has 0 saturated carbocycles. The molecule has 220 valence electrons. The molecule has 1 aromatic carbocycles. The van der Waals surface area contributed by atoms with Crippen LogP contribution in [-0.4, -0.2) is 53.4 Å². The first-order chi connectivity index (χ1) is 18.4. The van der Waals surface area contributed by atoms with E-state index in [1.54, 1.807) is 25.7 Å². The molecule has 0 aromatic heterocycles. The summed E-state index contributed by atoms with van der Waals surface area (Å²) in [6, 6.07) is 5.53. The molecule has 0 heterocycles. The number of nitrogens with one attached hydrogen (secondary N) is 2. The second-order valence-corrected chi connectivity index (χ2v) is 11.1.